The van der Waals surface area contributed by atoms with E-state index in [0.29, 0.717) is 0 Å². The van der Waals surface area contributed by atoms with E-state index in [0.717, 1.165) is 0 Å². The van der Waals surface area contributed by atoms with E-state index in [4.69, 9.17) is 17.5 Å². The Kier molecular flexibility index (Phi) is 42.7. The number of hydrogen-bond donors (Lipinski definition) is 0. The summed E-state index contributed by atoms with van der Waals surface area (Å²) in [6.45, 7) is 0. The topological polar surface area (TPSA) is 137 Å². The average molecular weight is 216 g/mol. The van der Waals surface area contributed by atoms with Crippen molar-refractivity contribution in [3.63, 3.8) is 0 Å². The Bertz CT molecular complexity index is 96.2. The Morgan fingerprint density at radius 2 is 1.00 bits per heavy atom. The van der Waals surface area contributed by atoms with Gasteiger partial charge in [-0.1, -0.05) is 0 Å². The van der Waals surface area contributed by atoms with Crippen molar-refractivity contribution in [1.29, 1.82) is 0 Å². The fourth-order valence-corrected chi connectivity index (χ4v) is 0. The first-order valence-electron chi connectivity index (χ1n) is 0.667. The first-order chi connectivity index (χ1) is 2.00. The molecular weight excluding hydrogens is 216 g/mol. The molecule has 0 bridgehead atoms. The second kappa shape index (κ2) is 12.4. The molecule has 0 rings (SSSR count). The van der Waals surface area contributed by atoms with Crippen LogP contribution < -0.4 is 0 Å². The molecular formula is CaO6STi. The maximum absolute atomic E-state index is 8.52. The zero-order valence-corrected chi connectivity index (χ0v) is 8.65. The molecule has 0 aliphatic carbocycles. The predicted molar refractivity (Wildman–Crippen MR) is 17.6 cm³/mol. The van der Waals surface area contributed by atoms with Crippen LogP contribution >= 0.6 is 0 Å². The van der Waals surface area contributed by atoms with Gasteiger partial charge in [-0.05, 0) is 0 Å². The van der Waals surface area contributed by atoms with Crippen LogP contribution in [0.25, 0.3) is 0 Å². The van der Waals surface area contributed by atoms with Crippen LogP contribution in [-0.4, -0.2) is 55.3 Å². The zero-order valence-electron chi connectivity index (χ0n) is 4.06. The number of hydrogen-bond acceptors (Lipinski definition) is 4. The molecule has 0 fully saturated rings. The van der Waals surface area contributed by atoms with Gasteiger partial charge in [-0.3, -0.25) is 8.42 Å². The monoisotopic (exact) mass is 216 g/mol. The Morgan fingerprint density at radius 3 is 1.00 bits per heavy atom. The molecule has 0 aliphatic rings. The van der Waals surface area contributed by atoms with E-state index in [9.17, 15) is 0 Å². The van der Waals surface area contributed by atoms with Gasteiger partial charge < -0.3 is 20.1 Å². The minimum atomic E-state index is -5.17. The van der Waals surface area contributed by atoms with Crippen molar-refractivity contribution in [2.24, 2.45) is 0 Å². The molecule has 0 atom stereocenters. The SMILES string of the molecule is O=S(=O)([O-])[O-].[Ca+2].[O-2].[O-2].[Ti+4]. The summed E-state index contributed by atoms with van der Waals surface area (Å²) in [4.78, 5) is 0. The summed E-state index contributed by atoms with van der Waals surface area (Å²) in [5.41, 5.74) is 0. The van der Waals surface area contributed by atoms with E-state index in [1.165, 1.54) is 0 Å². The Hall–Kier alpha value is 1.76. The summed E-state index contributed by atoms with van der Waals surface area (Å²) in [7, 11) is -5.17. The summed E-state index contributed by atoms with van der Waals surface area (Å²) in [6.07, 6.45) is 0. The minimum Gasteiger partial charge on any atom is -2.00 e. The molecule has 0 amide bonds. The third-order valence-electron chi connectivity index (χ3n) is 0. The second-order valence-electron chi connectivity index (χ2n) is 0.408. The van der Waals surface area contributed by atoms with Gasteiger partial charge in [-0.15, -0.1) is 0 Å². The van der Waals surface area contributed by atoms with E-state index < -0.39 is 10.4 Å². The van der Waals surface area contributed by atoms with Crippen molar-refractivity contribution in [3.8, 4) is 0 Å². The van der Waals surface area contributed by atoms with Gasteiger partial charge in [0.05, 0.1) is 0 Å². The van der Waals surface area contributed by atoms with Gasteiger partial charge >= 0.3 is 59.5 Å². The van der Waals surface area contributed by atoms with Crippen LogP contribution in [0.5, 0.6) is 0 Å². The van der Waals surface area contributed by atoms with E-state index >= 15 is 0 Å². The van der Waals surface area contributed by atoms with Crippen LogP contribution in [0.1, 0.15) is 0 Å². The van der Waals surface area contributed by atoms with Gasteiger partial charge in [0.15, 0.2) is 0 Å². The third kappa shape index (κ3) is 189. The van der Waals surface area contributed by atoms with Crippen molar-refractivity contribution < 1.29 is 50.2 Å². The van der Waals surface area contributed by atoms with Crippen molar-refractivity contribution >= 4 is 48.1 Å². The van der Waals surface area contributed by atoms with Crippen LogP contribution in [0.3, 0.4) is 0 Å². The van der Waals surface area contributed by atoms with Gasteiger partial charge in [0.2, 0.25) is 0 Å². The van der Waals surface area contributed by atoms with Crippen LogP contribution in [0, 0.1) is 0 Å². The second-order valence-corrected chi connectivity index (χ2v) is 1.22. The van der Waals surface area contributed by atoms with Gasteiger partial charge in [-0.25, -0.2) is 0 Å². The Morgan fingerprint density at radius 1 is 1.00 bits per heavy atom. The summed E-state index contributed by atoms with van der Waals surface area (Å²) >= 11 is 0. The largest absolute Gasteiger partial charge is 4.00 e. The van der Waals surface area contributed by atoms with E-state index in [-0.39, 0.29) is 70.4 Å². The molecule has 0 saturated carbocycles. The van der Waals surface area contributed by atoms with Crippen molar-refractivity contribution in [2.45, 2.75) is 0 Å². The van der Waals surface area contributed by atoms with E-state index in [2.05, 4.69) is 0 Å². The van der Waals surface area contributed by atoms with Crippen molar-refractivity contribution in [1.82, 2.24) is 0 Å². The van der Waals surface area contributed by atoms with E-state index in [1.54, 1.807) is 0 Å². The summed E-state index contributed by atoms with van der Waals surface area (Å²) < 4.78 is 34.1. The molecule has 0 heterocycles. The van der Waals surface area contributed by atoms with Gasteiger partial charge in [0.25, 0.3) is 0 Å². The quantitative estimate of drug-likeness (QED) is 0.263. The fraction of sp³-hybridized carbons (Fsp3) is 0. The smallest absolute Gasteiger partial charge is 2.00 e. The van der Waals surface area contributed by atoms with Crippen molar-refractivity contribution in [3.05, 3.63) is 0 Å². The molecule has 0 aromatic heterocycles. The zero-order chi connectivity index (χ0) is 4.50. The molecule has 6 nitrogen and oxygen atoms in total. The first-order valence-corrected chi connectivity index (χ1v) is 2.00. The minimum absolute atomic E-state index is 0. The molecule has 0 unspecified atom stereocenters. The van der Waals surface area contributed by atoms with Crippen LogP contribution in [0.2, 0.25) is 0 Å². The maximum Gasteiger partial charge on any atom is 4.00 e. The van der Waals surface area contributed by atoms with Crippen LogP contribution in [0.15, 0.2) is 0 Å². The molecule has 0 spiro atoms. The fourth-order valence-electron chi connectivity index (χ4n) is 0. The predicted octanol–water partition coefficient (Wildman–Crippen LogP) is -1.96. The van der Waals surface area contributed by atoms with Gasteiger partial charge in [-0.2, -0.15) is 0 Å². The summed E-state index contributed by atoms with van der Waals surface area (Å²) in [5, 5.41) is 0. The molecule has 9 heteroatoms. The molecule has 0 aliphatic heterocycles. The first kappa shape index (κ1) is 30.9. The van der Waals surface area contributed by atoms with E-state index in [1.807, 2.05) is 0 Å². The molecule has 0 N–H and O–H groups in total. The van der Waals surface area contributed by atoms with Crippen LogP contribution in [0.4, 0.5) is 0 Å². The van der Waals surface area contributed by atoms with Crippen molar-refractivity contribution in [2.75, 3.05) is 0 Å². The molecule has 0 aromatic carbocycles. The standard InChI is InChI=1S/Ca.H2O4S.2O.Ti/c;1-5(2,3)4;;;/h;(H2,1,2,3,4);;;/q+2;;2*-2;+4/p-2. The Balaban J connectivity index is -0.0000000133. The molecule has 0 aromatic rings. The summed E-state index contributed by atoms with van der Waals surface area (Å²) in [5.74, 6) is 0. The van der Waals surface area contributed by atoms with Gasteiger partial charge in [0, 0.05) is 10.4 Å². The molecule has 0 radical (unpaired) electrons. The van der Waals surface area contributed by atoms with Gasteiger partial charge in [0.1, 0.15) is 0 Å². The molecule has 9 heavy (non-hydrogen) atoms. The van der Waals surface area contributed by atoms with Crippen LogP contribution in [-0.2, 0) is 43.1 Å². The average Bonchev–Trinajstić information content (AvgIpc) is 0.722. The molecule has 48 valence electrons. The summed E-state index contributed by atoms with van der Waals surface area (Å²) in [6, 6.07) is 0. The maximum atomic E-state index is 8.52. The normalized spacial score (nSPS) is 6.44. The molecule has 0 saturated heterocycles. The number of rotatable bonds is 0. The Labute approximate surface area is 97.1 Å². The third-order valence-corrected chi connectivity index (χ3v) is 0.